The zero-order valence-electron chi connectivity index (χ0n) is 11.4. The molecule has 3 atom stereocenters. The van der Waals surface area contributed by atoms with E-state index >= 15 is 0 Å². The van der Waals surface area contributed by atoms with Crippen molar-refractivity contribution in [1.82, 2.24) is 4.90 Å². The lowest BCUT2D eigenvalue weighted by molar-refractivity contribution is 0.180. The molecule has 1 aromatic rings. The second-order valence-electron chi connectivity index (χ2n) is 5.37. The second kappa shape index (κ2) is 6.71. The molecule has 3 N–H and O–H groups in total. The van der Waals surface area contributed by atoms with Crippen molar-refractivity contribution in [3.63, 3.8) is 0 Å². The number of benzene rings is 1. The van der Waals surface area contributed by atoms with Gasteiger partial charge in [0.2, 0.25) is 0 Å². The molecule has 0 aliphatic carbocycles. The Morgan fingerprint density at radius 1 is 1.47 bits per heavy atom. The third-order valence-electron chi connectivity index (χ3n) is 4.07. The number of nitrogens with two attached hydrogens (primary N) is 1. The summed E-state index contributed by atoms with van der Waals surface area (Å²) in [6.45, 7) is 4.25. The molecule has 0 radical (unpaired) electrons. The van der Waals surface area contributed by atoms with Crippen LogP contribution in [0.3, 0.4) is 0 Å². The minimum atomic E-state index is 0.0670. The van der Waals surface area contributed by atoms with Crippen molar-refractivity contribution in [1.29, 1.82) is 0 Å². The topological polar surface area (TPSA) is 49.5 Å². The number of hydrogen-bond donors (Lipinski definition) is 2. The van der Waals surface area contributed by atoms with Gasteiger partial charge in [-0.05, 0) is 36.9 Å². The van der Waals surface area contributed by atoms with Gasteiger partial charge in [0.1, 0.15) is 0 Å². The van der Waals surface area contributed by atoms with Crippen LogP contribution >= 0.6 is 11.6 Å². The monoisotopic (exact) mass is 282 g/mol. The van der Waals surface area contributed by atoms with E-state index < -0.39 is 0 Å². The number of aliphatic hydroxyl groups is 1. The van der Waals surface area contributed by atoms with Crippen LogP contribution in [0.25, 0.3) is 0 Å². The van der Waals surface area contributed by atoms with Gasteiger partial charge in [-0.2, -0.15) is 0 Å². The van der Waals surface area contributed by atoms with Crippen molar-refractivity contribution < 1.29 is 5.11 Å². The van der Waals surface area contributed by atoms with Crippen molar-refractivity contribution >= 4 is 11.6 Å². The first-order valence-corrected chi connectivity index (χ1v) is 7.40. The molecular weight excluding hydrogens is 260 g/mol. The third-order valence-corrected chi connectivity index (χ3v) is 4.41. The molecule has 0 spiro atoms. The van der Waals surface area contributed by atoms with E-state index in [1.54, 1.807) is 0 Å². The molecule has 0 amide bonds. The van der Waals surface area contributed by atoms with Crippen LogP contribution in [0.5, 0.6) is 0 Å². The summed E-state index contributed by atoms with van der Waals surface area (Å²) in [5, 5.41) is 10.1. The van der Waals surface area contributed by atoms with Crippen LogP contribution < -0.4 is 5.73 Å². The van der Waals surface area contributed by atoms with Crippen LogP contribution in [0.4, 0.5) is 0 Å². The Labute approximate surface area is 120 Å². The Kier molecular flexibility index (Phi) is 5.22. The number of aliphatic hydroxyl groups excluding tert-OH is 1. The Balaban J connectivity index is 2.25. The number of likely N-dealkylation sites (tertiary alicyclic amines) is 1. The molecule has 1 saturated heterocycles. The Bertz CT molecular complexity index is 413. The Hall–Kier alpha value is -0.610. The van der Waals surface area contributed by atoms with Crippen molar-refractivity contribution in [2.24, 2.45) is 11.7 Å². The lowest BCUT2D eigenvalue weighted by Gasteiger charge is -2.33. The van der Waals surface area contributed by atoms with Crippen LogP contribution in [0.15, 0.2) is 24.3 Å². The molecule has 1 fully saturated rings. The van der Waals surface area contributed by atoms with Crippen molar-refractivity contribution in [3.05, 3.63) is 34.9 Å². The molecule has 3 unspecified atom stereocenters. The molecule has 106 valence electrons. The lowest BCUT2D eigenvalue weighted by atomic mass is 9.96. The Morgan fingerprint density at radius 2 is 2.21 bits per heavy atom. The Morgan fingerprint density at radius 3 is 2.79 bits per heavy atom. The summed E-state index contributed by atoms with van der Waals surface area (Å²) in [7, 11) is 0. The highest BCUT2D eigenvalue weighted by Crippen LogP contribution is 2.34. The average molecular weight is 283 g/mol. The normalized spacial score (nSPS) is 23.5. The van der Waals surface area contributed by atoms with Gasteiger partial charge in [-0.15, -0.1) is 0 Å². The molecule has 1 aliphatic heterocycles. The fourth-order valence-corrected chi connectivity index (χ4v) is 3.15. The summed E-state index contributed by atoms with van der Waals surface area (Å²) in [6.07, 6.45) is 1.95. The first-order chi connectivity index (χ1) is 9.17. The minimum absolute atomic E-state index is 0.0670. The van der Waals surface area contributed by atoms with Gasteiger partial charge in [0.05, 0.1) is 6.04 Å². The number of rotatable bonds is 5. The standard InChI is InChI=1S/C15H23ClN2O/c1-2-14(17)15(12-5-3-4-6-13(12)16)18-8-7-11(9-18)10-19/h3-6,11,14-15,19H,2,7-10,17H2,1H3. The van der Waals surface area contributed by atoms with Gasteiger partial charge in [0.25, 0.3) is 0 Å². The van der Waals surface area contributed by atoms with Gasteiger partial charge in [0, 0.05) is 24.2 Å². The third kappa shape index (κ3) is 3.29. The average Bonchev–Trinajstić information content (AvgIpc) is 2.89. The van der Waals surface area contributed by atoms with Crippen molar-refractivity contribution in [2.45, 2.75) is 31.8 Å². The van der Waals surface area contributed by atoms with E-state index in [9.17, 15) is 5.11 Å². The number of halogens is 1. The van der Waals surface area contributed by atoms with Crippen LogP contribution in [0.2, 0.25) is 5.02 Å². The fourth-order valence-electron chi connectivity index (χ4n) is 2.90. The van der Waals surface area contributed by atoms with Gasteiger partial charge in [-0.3, -0.25) is 4.90 Å². The van der Waals surface area contributed by atoms with Gasteiger partial charge in [-0.25, -0.2) is 0 Å². The molecule has 0 bridgehead atoms. The van der Waals surface area contributed by atoms with Gasteiger partial charge in [-0.1, -0.05) is 36.7 Å². The van der Waals surface area contributed by atoms with E-state index in [0.29, 0.717) is 5.92 Å². The molecule has 4 heteroatoms. The number of hydrogen-bond acceptors (Lipinski definition) is 3. The highest BCUT2D eigenvalue weighted by Gasteiger charge is 2.32. The molecule has 1 heterocycles. The summed E-state index contributed by atoms with van der Waals surface area (Å²) < 4.78 is 0. The predicted octanol–water partition coefficient (Wildman–Crippen LogP) is 2.43. The zero-order chi connectivity index (χ0) is 13.8. The summed E-state index contributed by atoms with van der Waals surface area (Å²) in [5.74, 6) is 0.369. The summed E-state index contributed by atoms with van der Waals surface area (Å²) in [5.41, 5.74) is 7.43. The SMILES string of the molecule is CCC(N)C(c1ccccc1Cl)N1CCC(CO)C1. The molecule has 19 heavy (non-hydrogen) atoms. The predicted molar refractivity (Wildman–Crippen MR) is 79.2 cm³/mol. The number of nitrogens with zero attached hydrogens (tertiary/aromatic N) is 1. The van der Waals surface area contributed by atoms with E-state index in [0.717, 1.165) is 36.5 Å². The van der Waals surface area contributed by atoms with Crippen LogP contribution in [-0.2, 0) is 0 Å². The van der Waals surface area contributed by atoms with E-state index in [2.05, 4.69) is 17.9 Å². The molecule has 0 saturated carbocycles. The van der Waals surface area contributed by atoms with E-state index in [1.165, 1.54) is 0 Å². The van der Waals surface area contributed by atoms with Crippen LogP contribution in [0.1, 0.15) is 31.4 Å². The maximum atomic E-state index is 9.30. The molecular formula is C15H23ClN2O. The quantitative estimate of drug-likeness (QED) is 0.872. The maximum Gasteiger partial charge on any atom is 0.0513 e. The van der Waals surface area contributed by atoms with Gasteiger partial charge >= 0.3 is 0 Å². The summed E-state index contributed by atoms with van der Waals surface area (Å²) in [6, 6.07) is 8.16. The van der Waals surface area contributed by atoms with E-state index in [4.69, 9.17) is 17.3 Å². The maximum absolute atomic E-state index is 9.30. The minimum Gasteiger partial charge on any atom is -0.396 e. The first-order valence-electron chi connectivity index (χ1n) is 7.02. The molecule has 0 aromatic heterocycles. The highest BCUT2D eigenvalue weighted by molar-refractivity contribution is 6.31. The summed E-state index contributed by atoms with van der Waals surface area (Å²) in [4.78, 5) is 2.37. The summed E-state index contributed by atoms with van der Waals surface area (Å²) >= 11 is 6.34. The van der Waals surface area contributed by atoms with Crippen molar-refractivity contribution in [2.75, 3.05) is 19.7 Å². The van der Waals surface area contributed by atoms with Crippen molar-refractivity contribution in [3.8, 4) is 0 Å². The molecule has 3 nitrogen and oxygen atoms in total. The largest absolute Gasteiger partial charge is 0.396 e. The highest BCUT2D eigenvalue weighted by atomic mass is 35.5. The van der Waals surface area contributed by atoms with Crippen LogP contribution in [0, 0.1) is 5.92 Å². The van der Waals surface area contributed by atoms with E-state index in [-0.39, 0.29) is 18.7 Å². The lowest BCUT2D eigenvalue weighted by Crippen LogP contribution is -2.40. The van der Waals surface area contributed by atoms with Crippen LogP contribution in [-0.4, -0.2) is 35.7 Å². The second-order valence-corrected chi connectivity index (χ2v) is 5.78. The molecule has 2 rings (SSSR count). The smallest absolute Gasteiger partial charge is 0.0513 e. The molecule has 1 aromatic carbocycles. The first kappa shape index (κ1) is 14.8. The van der Waals surface area contributed by atoms with Gasteiger partial charge < -0.3 is 10.8 Å². The molecule has 1 aliphatic rings. The van der Waals surface area contributed by atoms with Gasteiger partial charge in [0.15, 0.2) is 0 Å². The zero-order valence-corrected chi connectivity index (χ0v) is 12.2. The van der Waals surface area contributed by atoms with E-state index in [1.807, 2.05) is 18.2 Å². The fraction of sp³-hybridized carbons (Fsp3) is 0.600.